The van der Waals surface area contributed by atoms with E-state index in [0.29, 0.717) is 24.5 Å². The number of carbonyl (C=O) groups is 2. The van der Waals surface area contributed by atoms with Crippen molar-refractivity contribution in [1.82, 2.24) is 10.3 Å². The maximum atomic E-state index is 12.4. The molecule has 0 saturated heterocycles. The minimum Gasteiger partial charge on any atom is -0.482 e. The molecular formula is C23H22N2O4. The Kier molecular flexibility index (Phi) is 6.95. The topological polar surface area (TPSA) is 77.5 Å². The van der Waals surface area contributed by atoms with Gasteiger partial charge in [0, 0.05) is 24.5 Å². The van der Waals surface area contributed by atoms with Crippen molar-refractivity contribution in [3.63, 3.8) is 0 Å². The molecule has 0 radical (unpaired) electrons. The van der Waals surface area contributed by atoms with Crippen LogP contribution in [0.4, 0.5) is 0 Å². The summed E-state index contributed by atoms with van der Waals surface area (Å²) in [6.45, 7) is 2.26. The van der Waals surface area contributed by atoms with Crippen molar-refractivity contribution in [1.29, 1.82) is 0 Å². The molecule has 148 valence electrons. The lowest BCUT2D eigenvalue weighted by Gasteiger charge is -2.09. The van der Waals surface area contributed by atoms with Gasteiger partial charge in [0.15, 0.2) is 6.61 Å². The largest absolute Gasteiger partial charge is 0.482 e. The van der Waals surface area contributed by atoms with Gasteiger partial charge in [-0.15, -0.1) is 0 Å². The number of hydrogen-bond acceptors (Lipinski definition) is 5. The lowest BCUT2D eigenvalue weighted by atomic mass is 10.0. The number of esters is 1. The van der Waals surface area contributed by atoms with E-state index in [1.807, 2.05) is 36.4 Å². The first-order chi connectivity index (χ1) is 14.2. The van der Waals surface area contributed by atoms with Gasteiger partial charge in [-0.3, -0.25) is 9.78 Å². The summed E-state index contributed by atoms with van der Waals surface area (Å²) < 4.78 is 10.3. The fourth-order valence-electron chi connectivity index (χ4n) is 2.73. The van der Waals surface area contributed by atoms with Crippen molar-refractivity contribution >= 4 is 11.9 Å². The van der Waals surface area contributed by atoms with E-state index in [1.54, 1.807) is 43.6 Å². The first-order valence-corrected chi connectivity index (χ1v) is 9.31. The Bertz CT molecular complexity index is 956. The zero-order chi connectivity index (χ0) is 20.5. The number of carbonyl (C=O) groups excluding carboxylic acids is 2. The average molecular weight is 390 g/mol. The highest BCUT2D eigenvalue weighted by molar-refractivity contribution is 5.94. The molecule has 1 amide bonds. The Hall–Kier alpha value is -3.67. The normalized spacial score (nSPS) is 10.2. The molecule has 2 aromatic carbocycles. The number of rotatable bonds is 8. The van der Waals surface area contributed by atoms with Gasteiger partial charge in [0.05, 0.1) is 6.61 Å². The summed E-state index contributed by atoms with van der Waals surface area (Å²) >= 11 is 0. The highest BCUT2D eigenvalue weighted by Crippen LogP contribution is 2.19. The third-order valence-corrected chi connectivity index (χ3v) is 4.17. The first-order valence-electron chi connectivity index (χ1n) is 9.31. The predicted octanol–water partition coefficient (Wildman–Crippen LogP) is 3.62. The van der Waals surface area contributed by atoms with Crippen LogP contribution < -0.4 is 10.1 Å². The van der Waals surface area contributed by atoms with E-state index in [2.05, 4.69) is 10.3 Å². The lowest BCUT2D eigenvalue weighted by Crippen LogP contribution is -2.22. The van der Waals surface area contributed by atoms with Crippen molar-refractivity contribution in [2.45, 2.75) is 13.5 Å². The second kappa shape index (κ2) is 10.0. The second-order valence-corrected chi connectivity index (χ2v) is 6.24. The Balaban J connectivity index is 1.55. The third-order valence-electron chi connectivity index (χ3n) is 4.17. The van der Waals surface area contributed by atoms with Crippen LogP contribution >= 0.6 is 0 Å². The summed E-state index contributed by atoms with van der Waals surface area (Å²) in [6.07, 6.45) is 3.47. The molecule has 0 aliphatic heterocycles. The SMILES string of the molecule is CCOC(=O)COc1cccc(CNC(=O)c2ccc(-c3ccncc3)cc2)c1. The molecule has 0 bridgehead atoms. The standard InChI is InChI=1S/C23H22N2O4/c1-2-28-22(26)16-29-21-5-3-4-17(14-21)15-25-23(27)20-8-6-18(7-9-20)19-10-12-24-13-11-19/h3-14H,2,15-16H2,1H3,(H,25,27). The lowest BCUT2D eigenvalue weighted by molar-refractivity contribution is -0.145. The smallest absolute Gasteiger partial charge is 0.344 e. The van der Waals surface area contributed by atoms with Gasteiger partial charge in [-0.25, -0.2) is 4.79 Å². The fraction of sp³-hybridized carbons (Fsp3) is 0.174. The zero-order valence-corrected chi connectivity index (χ0v) is 16.1. The van der Waals surface area contributed by atoms with Crippen LogP contribution in [-0.4, -0.2) is 30.1 Å². The van der Waals surface area contributed by atoms with Crippen LogP contribution in [0.5, 0.6) is 5.75 Å². The van der Waals surface area contributed by atoms with Gasteiger partial charge in [0.1, 0.15) is 5.75 Å². The molecule has 1 heterocycles. The number of hydrogen-bond donors (Lipinski definition) is 1. The highest BCUT2D eigenvalue weighted by atomic mass is 16.6. The van der Waals surface area contributed by atoms with Crippen LogP contribution in [0.2, 0.25) is 0 Å². The molecule has 0 fully saturated rings. The van der Waals surface area contributed by atoms with Gasteiger partial charge in [-0.05, 0) is 60.0 Å². The van der Waals surface area contributed by atoms with Crippen LogP contribution in [0.1, 0.15) is 22.8 Å². The van der Waals surface area contributed by atoms with Crippen LogP contribution in [0.15, 0.2) is 73.1 Å². The van der Waals surface area contributed by atoms with Crippen LogP contribution in [0, 0.1) is 0 Å². The van der Waals surface area contributed by atoms with Crippen molar-refractivity contribution in [2.75, 3.05) is 13.2 Å². The number of ether oxygens (including phenoxy) is 2. The summed E-state index contributed by atoms with van der Waals surface area (Å²) in [6, 6.07) is 18.5. The van der Waals surface area contributed by atoms with Crippen molar-refractivity contribution in [3.8, 4) is 16.9 Å². The highest BCUT2D eigenvalue weighted by Gasteiger charge is 2.07. The molecule has 0 atom stereocenters. The minimum absolute atomic E-state index is 0.145. The predicted molar refractivity (Wildman–Crippen MR) is 109 cm³/mol. The maximum Gasteiger partial charge on any atom is 0.344 e. The van der Waals surface area contributed by atoms with Crippen molar-refractivity contribution in [2.24, 2.45) is 0 Å². The van der Waals surface area contributed by atoms with E-state index in [1.165, 1.54) is 0 Å². The van der Waals surface area contributed by atoms with E-state index < -0.39 is 5.97 Å². The van der Waals surface area contributed by atoms with Crippen LogP contribution in [0.25, 0.3) is 11.1 Å². The van der Waals surface area contributed by atoms with Gasteiger partial charge in [-0.2, -0.15) is 0 Å². The summed E-state index contributed by atoms with van der Waals surface area (Å²) in [7, 11) is 0. The number of pyridine rings is 1. The summed E-state index contributed by atoms with van der Waals surface area (Å²) in [4.78, 5) is 27.8. The second-order valence-electron chi connectivity index (χ2n) is 6.24. The van der Waals surface area contributed by atoms with Gasteiger partial charge in [0.25, 0.3) is 5.91 Å². The average Bonchev–Trinajstić information content (AvgIpc) is 2.77. The molecular weight excluding hydrogens is 368 g/mol. The molecule has 3 rings (SSSR count). The first kappa shape index (κ1) is 20.1. The summed E-state index contributed by atoms with van der Waals surface area (Å²) in [5.41, 5.74) is 3.52. The minimum atomic E-state index is -0.415. The monoisotopic (exact) mass is 390 g/mol. The molecule has 0 spiro atoms. The molecule has 0 unspecified atom stereocenters. The van der Waals surface area contributed by atoms with Gasteiger partial charge in [-0.1, -0.05) is 24.3 Å². The van der Waals surface area contributed by atoms with E-state index in [9.17, 15) is 9.59 Å². The number of aromatic nitrogens is 1. The third kappa shape index (κ3) is 5.90. The Morgan fingerprint density at radius 2 is 1.69 bits per heavy atom. The number of nitrogens with zero attached hydrogens (tertiary/aromatic N) is 1. The molecule has 29 heavy (non-hydrogen) atoms. The van der Waals surface area contributed by atoms with E-state index >= 15 is 0 Å². The van der Waals surface area contributed by atoms with Crippen LogP contribution in [-0.2, 0) is 16.1 Å². The number of benzene rings is 2. The quantitative estimate of drug-likeness (QED) is 0.595. The van der Waals surface area contributed by atoms with E-state index in [0.717, 1.165) is 16.7 Å². The van der Waals surface area contributed by atoms with Crippen molar-refractivity contribution < 1.29 is 19.1 Å². The fourth-order valence-corrected chi connectivity index (χ4v) is 2.73. The molecule has 1 N–H and O–H groups in total. The summed E-state index contributed by atoms with van der Waals surface area (Å²) in [5, 5.41) is 2.89. The molecule has 3 aromatic rings. The van der Waals surface area contributed by atoms with Crippen LogP contribution in [0.3, 0.4) is 0 Å². The number of nitrogens with one attached hydrogen (secondary N) is 1. The van der Waals surface area contributed by atoms with Gasteiger partial charge in [0.2, 0.25) is 0 Å². The van der Waals surface area contributed by atoms with Gasteiger partial charge < -0.3 is 14.8 Å². The Labute approximate surface area is 169 Å². The van der Waals surface area contributed by atoms with Gasteiger partial charge >= 0.3 is 5.97 Å². The number of amides is 1. The molecule has 0 aliphatic rings. The zero-order valence-electron chi connectivity index (χ0n) is 16.1. The molecule has 0 saturated carbocycles. The molecule has 0 aliphatic carbocycles. The molecule has 6 nitrogen and oxygen atoms in total. The van der Waals surface area contributed by atoms with E-state index in [-0.39, 0.29) is 12.5 Å². The Morgan fingerprint density at radius 1 is 0.966 bits per heavy atom. The van der Waals surface area contributed by atoms with E-state index in [4.69, 9.17) is 9.47 Å². The molecule has 1 aromatic heterocycles. The summed E-state index contributed by atoms with van der Waals surface area (Å²) in [5.74, 6) is -0.0305. The van der Waals surface area contributed by atoms with Crippen molar-refractivity contribution in [3.05, 3.63) is 84.2 Å². The maximum absolute atomic E-state index is 12.4. The molecule has 6 heteroatoms. The Morgan fingerprint density at radius 3 is 2.41 bits per heavy atom.